The second kappa shape index (κ2) is 9.80. The number of amides is 1. The van der Waals surface area contributed by atoms with E-state index in [1.165, 1.54) is 0 Å². The van der Waals surface area contributed by atoms with Crippen LogP contribution in [0.2, 0.25) is 0 Å². The molecular weight excluding hydrogens is 384 g/mol. The van der Waals surface area contributed by atoms with Gasteiger partial charge in [0.1, 0.15) is 17.8 Å². The van der Waals surface area contributed by atoms with Gasteiger partial charge in [-0.25, -0.2) is 0 Å². The van der Waals surface area contributed by atoms with Crippen molar-refractivity contribution in [3.63, 3.8) is 0 Å². The molecule has 0 spiro atoms. The first-order chi connectivity index (χ1) is 15.2. The van der Waals surface area contributed by atoms with Crippen LogP contribution in [0.15, 0.2) is 91.0 Å². The van der Waals surface area contributed by atoms with Gasteiger partial charge in [-0.05, 0) is 48.6 Å². The Bertz CT molecular complexity index is 921. The van der Waals surface area contributed by atoms with Crippen LogP contribution >= 0.6 is 0 Å². The summed E-state index contributed by atoms with van der Waals surface area (Å²) >= 11 is 0. The number of hydrogen-bond acceptors (Lipinski definition) is 3. The first kappa shape index (κ1) is 21.1. The molecule has 0 aromatic heterocycles. The smallest absolute Gasteiger partial charge is 0.232 e. The summed E-state index contributed by atoms with van der Waals surface area (Å²) in [6.45, 7) is 3.26. The molecule has 0 radical (unpaired) electrons. The summed E-state index contributed by atoms with van der Waals surface area (Å²) in [5.74, 6) is 0.702. The first-order valence-corrected chi connectivity index (χ1v) is 11.0. The van der Waals surface area contributed by atoms with E-state index >= 15 is 0 Å². The lowest BCUT2D eigenvalue weighted by Crippen LogP contribution is -2.54. The number of nitrogens with two attached hydrogens (primary N) is 1. The molecule has 1 saturated heterocycles. The van der Waals surface area contributed by atoms with E-state index in [-0.39, 0.29) is 11.8 Å². The monoisotopic (exact) mass is 414 g/mol. The summed E-state index contributed by atoms with van der Waals surface area (Å²) < 4.78 is 5.91. The minimum absolute atomic E-state index is 0.0975. The molecule has 1 aliphatic rings. The topological polar surface area (TPSA) is 55.6 Å². The predicted molar refractivity (Wildman–Crippen MR) is 124 cm³/mol. The van der Waals surface area contributed by atoms with Gasteiger partial charge < -0.3 is 10.5 Å². The maximum absolute atomic E-state index is 13.2. The van der Waals surface area contributed by atoms with Crippen molar-refractivity contribution in [3.05, 3.63) is 102 Å². The van der Waals surface area contributed by atoms with Gasteiger partial charge in [0.15, 0.2) is 0 Å². The molecule has 4 rings (SSSR count). The van der Waals surface area contributed by atoms with Crippen molar-refractivity contribution in [2.75, 3.05) is 26.2 Å². The highest BCUT2D eigenvalue weighted by molar-refractivity contribution is 5.91. The standard InChI is InChI=1S/C27H30N2O2/c28-26(30)27(22-11-4-1-5-12-22,23-13-6-2-7-14-23)24-15-10-18-29(21-24)19-20-31-25-16-8-3-9-17-25/h1-9,11-14,16-17,24H,10,15,18-21H2,(H2,28,30). The molecule has 1 unspecified atom stereocenters. The van der Waals surface area contributed by atoms with Crippen molar-refractivity contribution in [3.8, 4) is 5.75 Å². The molecule has 31 heavy (non-hydrogen) atoms. The van der Waals surface area contributed by atoms with E-state index in [1.807, 2.05) is 91.0 Å². The number of carbonyl (C=O) groups excluding carboxylic acids is 1. The predicted octanol–water partition coefficient (Wildman–Crippen LogP) is 4.25. The van der Waals surface area contributed by atoms with E-state index in [2.05, 4.69) is 4.90 Å². The third kappa shape index (κ3) is 4.49. The zero-order valence-corrected chi connectivity index (χ0v) is 17.8. The summed E-state index contributed by atoms with van der Waals surface area (Å²) in [5.41, 5.74) is 7.31. The summed E-state index contributed by atoms with van der Waals surface area (Å²) in [4.78, 5) is 15.6. The number of para-hydroxylation sites is 1. The Kier molecular flexibility index (Phi) is 6.68. The van der Waals surface area contributed by atoms with Gasteiger partial charge in [-0.1, -0.05) is 78.9 Å². The molecule has 160 valence electrons. The fraction of sp³-hybridized carbons (Fsp3) is 0.296. The lowest BCUT2D eigenvalue weighted by atomic mass is 9.63. The van der Waals surface area contributed by atoms with Crippen molar-refractivity contribution in [2.45, 2.75) is 18.3 Å². The Morgan fingerprint density at radius 1 is 0.903 bits per heavy atom. The average Bonchev–Trinajstić information content (AvgIpc) is 2.82. The van der Waals surface area contributed by atoms with Crippen LogP contribution in [0.5, 0.6) is 5.75 Å². The average molecular weight is 415 g/mol. The Hall–Kier alpha value is -3.11. The number of likely N-dealkylation sites (tertiary alicyclic amines) is 1. The zero-order chi connectivity index (χ0) is 21.5. The number of ether oxygens (including phenoxy) is 1. The van der Waals surface area contributed by atoms with E-state index in [1.54, 1.807) is 0 Å². The highest BCUT2D eigenvalue weighted by atomic mass is 16.5. The van der Waals surface area contributed by atoms with Gasteiger partial charge in [-0.2, -0.15) is 0 Å². The van der Waals surface area contributed by atoms with E-state index in [4.69, 9.17) is 10.5 Å². The minimum atomic E-state index is -0.846. The third-order valence-corrected chi connectivity index (χ3v) is 6.38. The summed E-state index contributed by atoms with van der Waals surface area (Å²) in [6, 6.07) is 30.0. The molecule has 4 heteroatoms. The minimum Gasteiger partial charge on any atom is -0.492 e. The van der Waals surface area contributed by atoms with Crippen molar-refractivity contribution < 1.29 is 9.53 Å². The van der Waals surface area contributed by atoms with Crippen LogP contribution in [0.25, 0.3) is 0 Å². The van der Waals surface area contributed by atoms with Gasteiger partial charge in [0.2, 0.25) is 5.91 Å². The normalized spacial score (nSPS) is 17.2. The first-order valence-electron chi connectivity index (χ1n) is 11.0. The van der Waals surface area contributed by atoms with Crippen LogP contribution in [0.4, 0.5) is 0 Å². The van der Waals surface area contributed by atoms with Crippen molar-refractivity contribution >= 4 is 5.91 Å². The zero-order valence-electron chi connectivity index (χ0n) is 17.8. The molecule has 1 amide bonds. The molecule has 4 nitrogen and oxygen atoms in total. The van der Waals surface area contributed by atoms with E-state index in [9.17, 15) is 4.79 Å². The molecule has 0 bridgehead atoms. The molecule has 1 fully saturated rings. The van der Waals surface area contributed by atoms with Crippen LogP contribution in [-0.2, 0) is 10.2 Å². The number of rotatable bonds is 8. The third-order valence-electron chi connectivity index (χ3n) is 6.38. The SMILES string of the molecule is NC(=O)C(c1ccccc1)(c1ccccc1)C1CCCN(CCOc2ccccc2)C1. The lowest BCUT2D eigenvalue weighted by Gasteiger charge is -2.44. The quantitative estimate of drug-likeness (QED) is 0.600. The molecule has 3 aromatic carbocycles. The van der Waals surface area contributed by atoms with Crippen molar-refractivity contribution in [1.82, 2.24) is 4.90 Å². The van der Waals surface area contributed by atoms with E-state index < -0.39 is 5.41 Å². The van der Waals surface area contributed by atoms with E-state index in [0.717, 1.165) is 49.4 Å². The Balaban J connectivity index is 1.58. The van der Waals surface area contributed by atoms with Crippen molar-refractivity contribution in [1.29, 1.82) is 0 Å². The number of benzene rings is 3. The van der Waals surface area contributed by atoms with Crippen LogP contribution in [0.1, 0.15) is 24.0 Å². The molecule has 3 aromatic rings. The molecule has 2 N–H and O–H groups in total. The molecule has 1 atom stereocenters. The van der Waals surface area contributed by atoms with Crippen LogP contribution in [-0.4, -0.2) is 37.0 Å². The number of piperidine rings is 1. The van der Waals surface area contributed by atoms with Crippen LogP contribution < -0.4 is 10.5 Å². The van der Waals surface area contributed by atoms with Crippen LogP contribution in [0, 0.1) is 5.92 Å². The Morgan fingerprint density at radius 2 is 1.45 bits per heavy atom. The highest BCUT2D eigenvalue weighted by Gasteiger charge is 2.48. The fourth-order valence-corrected chi connectivity index (χ4v) is 4.95. The Morgan fingerprint density at radius 3 is 2.00 bits per heavy atom. The maximum Gasteiger partial charge on any atom is 0.232 e. The summed E-state index contributed by atoms with van der Waals surface area (Å²) in [7, 11) is 0. The van der Waals surface area contributed by atoms with Gasteiger partial charge in [0.05, 0.1) is 0 Å². The molecular formula is C27H30N2O2. The van der Waals surface area contributed by atoms with Crippen molar-refractivity contribution in [2.24, 2.45) is 11.7 Å². The van der Waals surface area contributed by atoms with E-state index in [0.29, 0.717) is 6.61 Å². The summed E-state index contributed by atoms with van der Waals surface area (Å²) in [5, 5.41) is 0. The maximum atomic E-state index is 13.2. The second-order valence-electron chi connectivity index (χ2n) is 8.21. The molecule has 0 aliphatic carbocycles. The highest BCUT2D eigenvalue weighted by Crippen LogP contribution is 2.43. The molecule has 1 heterocycles. The Labute approximate surface area is 184 Å². The van der Waals surface area contributed by atoms with Gasteiger partial charge >= 0.3 is 0 Å². The fourth-order valence-electron chi connectivity index (χ4n) is 4.95. The molecule has 0 saturated carbocycles. The number of nitrogens with zero attached hydrogens (tertiary/aromatic N) is 1. The second-order valence-corrected chi connectivity index (χ2v) is 8.21. The largest absolute Gasteiger partial charge is 0.492 e. The van der Waals surface area contributed by atoms with Gasteiger partial charge in [0.25, 0.3) is 0 Å². The number of carbonyl (C=O) groups is 1. The number of primary amides is 1. The van der Waals surface area contributed by atoms with Crippen LogP contribution in [0.3, 0.4) is 0 Å². The van der Waals surface area contributed by atoms with Gasteiger partial charge in [-0.3, -0.25) is 9.69 Å². The number of hydrogen-bond donors (Lipinski definition) is 1. The lowest BCUT2D eigenvalue weighted by molar-refractivity contribution is -0.124. The molecule has 1 aliphatic heterocycles. The van der Waals surface area contributed by atoms with Gasteiger partial charge in [0, 0.05) is 13.1 Å². The summed E-state index contributed by atoms with van der Waals surface area (Å²) in [6.07, 6.45) is 1.99. The van der Waals surface area contributed by atoms with Gasteiger partial charge in [-0.15, -0.1) is 0 Å².